The topological polar surface area (TPSA) is 23.6 Å². The fourth-order valence-electron chi connectivity index (χ4n) is 28.2. The van der Waals surface area contributed by atoms with E-state index in [2.05, 4.69) is 84.4 Å². The van der Waals surface area contributed by atoms with Gasteiger partial charge in [-0.2, -0.15) is 0 Å². The van der Waals surface area contributed by atoms with E-state index in [1.54, 1.807) is 313 Å². The number of likely N-dealkylation sites (tertiary alicyclic amines) is 1. The van der Waals surface area contributed by atoms with Gasteiger partial charge in [0.25, 0.3) is 0 Å². The van der Waals surface area contributed by atoms with E-state index in [0.29, 0.717) is 5.56 Å². The van der Waals surface area contributed by atoms with E-state index < -0.39 is 5.41 Å². The van der Waals surface area contributed by atoms with E-state index in [4.69, 9.17) is 0 Å². The maximum absolute atomic E-state index is 12.1. The maximum Gasteiger partial charge on any atom is 0.150 e. The zero-order chi connectivity index (χ0) is 52.6. The summed E-state index contributed by atoms with van der Waals surface area (Å²) < 4.78 is 0. The number of carbonyl (C=O) groups excluding carboxylic acids is 1. The Morgan fingerprint density at radius 3 is 0.884 bits per heavy atom. The normalized spacial score (nSPS) is 21.5. The van der Waals surface area contributed by atoms with Gasteiger partial charge in [-0.15, -0.1) is 0 Å². The molecule has 1 saturated heterocycles. The van der Waals surface area contributed by atoms with Crippen LogP contribution in [-0.4, -0.2) is 24.8 Å². The van der Waals surface area contributed by atoms with Crippen LogP contribution in [0.1, 0.15) is 49.8 Å². The molecule has 0 amide bonds. The van der Waals surface area contributed by atoms with E-state index in [1.807, 2.05) is 12.1 Å². The van der Waals surface area contributed by atoms with Gasteiger partial charge in [0.05, 0.1) is 10.8 Å². The zero-order valence-electron chi connectivity index (χ0n) is 45.1. The van der Waals surface area contributed by atoms with Crippen molar-refractivity contribution in [2.24, 2.45) is 0 Å². The molecule has 31 aromatic carbocycles. The predicted molar refractivity (Wildman–Crippen MR) is 360 cm³/mol. The SMILES string of the molecule is Cc1ccc(N(c2ccc(C=O)cc2)c2ccc(C3N(C)CC45c6c7c8c9c%10c%11c(c%12c%13c4c4c%14c6c6c%15c7c7c9c9c%10c%10c%16c%11c%12c%11c%12c%13c4c4c%13c%14c6c6c%14c%15c7c7c9c9c%10c%10c%16c%11c%11c%12c4c4c%13c6c6c%14c7c9c7c%10c%11c4c67)C835)cc2)cc1. The van der Waals surface area contributed by atoms with Crippen molar-refractivity contribution >= 4 is 314 Å². The van der Waals surface area contributed by atoms with E-state index in [-0.39, 0.29) is 11.5 Å². The zero-order valence-corrected chi connectivity index (χ0v) is 45.1. The van der Waals surface area contributed by atoms with Crippen LogP contribution in [-0.2, 0) is 10.8 Å². The smallest absolute Gasteiger partial charge is 0.150 e. The van der Waals surface area contributed by atoms with Crippen LogP contribution >= 0.6 is 0 Å². The summed E-state index contributed by atoms with van der Waals surface area (Å²) in [7, 11) is 2.56. The fourth-order valence-corrected chi connectivity index (χ4v) is 28.2. The Hall–Kier alpha value is -10.5. The number of nitrogens with zero attached hydrogens (tertiary/aromatic N) is 2. The van der Waals surface area contributed by atoms with Crippen LogP contribution in [0.4, 0.5) is 17.1 Å². The first-order valence-corrected chi connectivity index (χ1v) is 31.6. The number of hydrogen-bond acceptors (Lipinski definition) is 3. The Kier molecular flexibility index (Phi) is 3.50. The Morgan fingerprint density at radius 2 is 0.547 bits per heavy atom. The van der Waals surface area contributed by atoms with Gasteiger partial charge in [-0.1, -0.05) is 29.8 Å². The van der Waals surface area contributed by atoms with E-state index >= 15 is 0 Å². The lowest BCUT2D eigenvalue weighted by atomic mass is 9.49. The third-order valence-corrected chi connectivity index (χ3v) is 28.9. The Balaban J connectivity index is 0.891. The van der Waals surface area contributed by atoms with E-state index in [0.717, 1.165) is 29.9 Å². The molecule has 1 heterocycles. The highest BCUT2D eigenvalue weighted by atomic mass is 16.1. The number of aldehydes is 1. The lowest BCUT2D eigenvalue weighted by Crippen LogP contribution is -2.50. The average molecular weight is 1060 g/mol. The monoisotopic (exact) mass is 1060 g/mol. The number of anilines is 3. The second-order valence-electron chi connectivity index (χ2n) is 30.3. The molecule has 3 nitrogen and oxygen atoms in total. The second-order valence-corrected chi connectivity index (χ2v) is 30.3. The average Bonchev–Trinajstić information content (AvgIpc) is 1.38. The molecule has 86 heavy (non-hydrogen) atoms. The summed E-state index contributed by atoms with van der Waals surface area (Å²) in [5.74, 6) is 0. The molecule has 1 fully saturated rings. The van der Waals surface area contributed by atoms with Crippen molar-refractivity contribution in [1.29, 1.82) is 0 Å². The molecule has 0 radical (unpaired) electrons. The molecule has 3 atom stereocenters. The van der Waals surface area contributed by atoms with Crippen molar-refractivity contribution in [3.63, 3.8) is 0 Å². The summed E-state index contributed by atoms with van der Waals surface area (Å²) in [5, 5.41) is 88.9. The summed E-state index contributed by atoms with van der Waals surface area (Å²) in [6.07, 6.45) is 0.957. The maximum atomic E-state index is 12.1. The van der Waals surface area contributed by atoms with Crippen molar-refractivity contribution in [3.8, 4) is 0 Å². The summed E-state index contributed by atoms with van der Waals surface area (Å²) in [6, 6.07) is 27.2. The molecule has 5 aliphatic rings. The lowest BCUT2D eigenvalue weighted by molar-refractivity contribution is 0.112. The number of likely N-dealkylation sites (N-methyl/N-ethyl adjacent to an activating group) is 1. The third kappa shape index (κ3) is 2.14. The van der Waals surface area contributed by atoms with Crippen LogP contribution < -0.4 is 4.90 Å². The number of benzene rings is 20. The highest BCUT2D eigenvalue weighted by molar-refractivity contribution is 6.82. The third-order valence-electron chi connectivity index (χ3n) is 28.9. The van der Waals surface area contributed by atoms with Crippen LogP contribution in [0.2, 0.25) is 0 Å². The number of aryl methyl sites for hydroxylation is 1. The predicted octanol–water partition coefficient (Wildman–Crippen LogP) is 21.6. The Morgan fingerprint density at radius 1 is 0.314 bits per heavy atom. The van der Waals surface area contributed by atoms with Crippen LogP contribution in [0.25, 0.3) is 291 Å². The molecule has 370 valence electrons. The first kappa shape index (κ1) is 35.0. The molecular weight excluding hydrogens is 1040 g/mol. The molecule has 0 bridgehead atoms. The van der Waals surface area contributed by atoms with Crippen LogP contribution in [0.5, 0.6) is 0 Å². The minimum Gasteiger partial charge on any atom is -0.311 e. The highest BCUT2D eigenvalue weighted by Gasteiger charge is 2.76. The summed E-state index contributed by atoms with van der Waals surface area (Å²) in [4.78, 5) is 17.4. The number of rotatable bonds is 5. The van der Waals surface area contributed by atoms with Crippen LogP contribution in [0.3, 0.4) is 0 Å². The molecule has 3 unspecified atom stereocenters. The first-order chi connectivity index (χ1) is 42.6. The highest BCUT2D eigenvalue weighted by Crippen LogP contribution is 2.87. The molecule has 4 aliphatic carbocycles. The lowest BCUT2D eigenvalue weighted by Gasteiger charge is -2.50. The molecule has 31 aromatic rings. The summed E-state index contributed by atoms with van der Waals surface area (Å²) in [5.41, 5.74) is 12.8. The second kappa shape index (κ2) is 8.60. The molecule has 2 spiro atoms. The van der Waals surface area contributed by atoms with Crippen molar-refractivity contribution in [1.82, 2.24) is 4.90 Å². The molecular formula is C83H22N2O. The summed E-state index contributed by atoms with van der Waals surface area (Å²) >= 11 is 0. The van der Waals surface area contributed by atoms with Crippen LogP contribution in [0, 0.1) is 6.92 Å². The van der Waals surface area contributed by atoms with Crippen molar-refractivity contribution < 1.29 is 4.79 Å². The molecule has 36 rings (SSSR count). The fraction of sp³-hybridized carbons (Fsp3) is 0.0723. The minimum absolute atomic E-state index is 0.0481. The van der Waals surface area contributed by atoms with Gasteiger partial charge in [-0.25, -0.2) is 0 Å². The van der Waals surface area contributed by atoms with Crippen molar-refractivity contribution in [2.75, 3.05) is 18.5 Å². The van der Waals surface area contributed by atoms with Gasteiger partial charge < -0.3 is 4.90 Å². The summed E-state index contributed by atoms with van der Waals surface area (Å²) in [6.45, 7) is 3.15. The molecule has 0 aromatic heterocycles. The van der Waals surface area contributed by atoms with Crippen LogP contribution in [0.15, 0.2) is 72.8 Å². The van der Waals surface area contributed by atoms with Gasteiger partial charge in [0, 0.05) is 35.2 Å². The van der Waals surface area contributed by atoms with Crippen molar-refractivity contribution in [2.45, 2.75) is 23.8 Å². The Bertz CT molecular complexity index is 8520. The Labute approximate surface area is 475 Å². The number of hydrogen-bond donors (Lipinski definition) is 0. The van der Waals surface area contributed by atoms with E-state index in [9.17, 15) is 4.79 Å². The largest absolute Gasteiger partial charge is 0.311 e. The van der Waals surface area contributed by atoms with Gasteiger partial charge in [-0.05, 0) is 381 Å². The van der Waals surface area contributed by atoms with Gasteiger partial charge in [0.2, 0.25) is 0 Å². The molecule has 1 aliphatic heterocycles. The van der Waals surface area contributed by atoms with Gasteiger partial charge in [0.15, 0.2) is 0 Å². The quantitative estimate of drug-likeness (QED) is 0.127. The number of carbonyl (C=O) groups is 1. The van der Waals surface area contributed by atoms with Gasteiger partial charge >= 0.3 is 0 Å². The standard InChI is InChI=1S/C83H22N2O/c1-17-3-9-20(10-4-17)85(21-11-5-18(15-86)6-12-21)22-13-7-19(8-14-22)81-83-79-72-64-52-44-35-26-24-23-25-29(26)38-45-43-34(25)36-32-27(23)30-31-28(24)33-37(35)50(52)58-56-42(33)40(31)48-47-39(30)41(32)55-57-49(36)51(43)63-65-53(45)54(46(38)44)66(64)75(79)74(65)77-70(63)68(57)71-61(55)59(47)67-60(48)62(56)73(69(58)72)80(83)76(67)78(71)82(77,83)16-84(81)2/h3-15,81H,16H2,1-2H3. The van der Waals surface area contributed by atoms with Gasteiger partial charge in [-0.3, -0.25) is 9.69 Å². The minimum atomic E-state index is -0.421. The molecule has 0 N–H and O–H groups in total. The molecule has 0 saturated carbocycles. The van der Waals surface area contributed by atoms with E-state index in [1.165, 1.54) is 11.1 Å². The van der Waals surface area contributed by atoms with Gasteiger partial charge in [0.1, 0.15) is 6.29 Å². The molecule has 3 heteroatoms. The first-order valence-electron chi connectivity index (χ1n) is 31.6. The van der Waals surface area contributed by atoms with Crippen molar-refractivity contribution in [3.05, 3.63) is 112 Å².